The fourth-order valence-electron chi connectivity index (χ4n) is 0.856. The summed E-state index contributed by atoms with van der Waals surface area (Å²) in [5.41, 5.74) is 0. The molecule has 0 aromatic carbocycles. The Kier molecular flexibility index (Phi) is 2.24. The molecule has 0 radical (unpaired) electrons. The Morgan fingerprint density at radius 1 is 1.45 bits per heavy atom. The summed E-state index contributed by atoms with van der Waals surface area (Å²) in [6.07, 6.45) is 0.0859. The number of rotatable bonds is 2. The molecule has 1 fully saturated rings. The molecule has 0 bridgehead atoms. The zero-order valence-corrected chi connectivity index (χ0v) is 6.66. The molecule has 0 spiro atoms. The van der Waals surface area contributed by atoms with Crippen LogP contribution in [0.3, 0.4) is 0 Å². The highest BCUT2D eigenvalue weighted by atomic mass is 16.6. The highest BCUT2D eigenvalue weighted by molar-refractivity contribution is 5.92. The predicted octanol–water partition coefficient (Wildman–Crippen LogP) is -0.220. The number of nitrogens with zero attached hydrogens (tertiary/aromatic N) is 1. The van der Waals surface area contributed by atoms with Crippen molar-refractivity contribution in [2.75, 3.05) is 13.2 Å². The van der Waals surface area contributed by atoms with Crippen molar-refractivity contribution in [1.29, 1.82) is 0 Å². The van der Waals surface area contributed by atoms with E-state index in [0.29, 0.717) is 13.2 Å². The van der Waals surface area contributed by atoms with Gasteiger partial charge >= 0.3 is 0 Å². The molecule has 1 aliphatic heterocycles. The molecular formula is C7H11NO3. The summed E-state index contributed by atoms with van der Waals surface area (Å²) >= 11 is 0. The third-order valence-corrected chi connectivity index (χ3v) is 1.55. The Bertz CT molecular complexity index is 172. The molecule has 62 valence electrons. The van der Waals surface area contributed by atoms with Crippen molar-refractivity contribution in [2.24, 2.45) is 0 Å². The Morgan fingerprint density at radius 2 is 1.91 bits per heavy atom. The van der Waals surface area contributed by atoms with Crippen LogP contribution >= 0.6 is 0 Å². The smallest absolute Gasteiger partial charge is 0.226 e. The third kappa shape index (κ3) is 2.31. The molecule has 1 unspecified atom stereocenters. The van der Waals surface area contributed by atoms with Gasteiger partial charge in [-0.15, -0.1) is 0 Å². The summed E-state index contributed by atoms with van der Waals surface area (Å²) in [5, 5.41) is 0. The van der Waals surface area contributed by atoms with Crippen LogP contribution < -0.4 is 0 Å². The number of amides is 2. The molecule has 0 saturated carbocycles. The molecule has 2 amide bonds. The topological polar surface area (TPSA) is 49.9 Å². The van der Waals surface area contributed by atoms with Gasteiger partial charge < -0.3 is 4.74 Å². The molecule has 1 heterocycles. The van der Waals surface area contributed by atoms with Gasteiger partial charge in [-0.3, -0.25) is 14.5 Å². The SMILES string of the molecule is CC(=O)N(CC1CO1)C(C)=O. The average molecular weight is 157 g/mol. The van der Waals surface area contributed by atoms with Gasteiger partial charge in [0.05, 0.1) is 19.3 Å². The molecule has 1 saturated heterocycles. The first-order chi connectivity index (χ1) is 5.11. The Balaban J connectivity index is 2.43. The van der Waals surface area contributed by atoms with E-state index in [1.54, 1.807) is 0 Å². The minimum atomic E-state index is -0.215. The van der Waals surface area contributed by atoms with Gasteiger partial charge in [0.15, 0.2) is 0 Å². The van der Waals surface area contributed by atoms with Crippen molar-refractivity contribution in [2.45, 2.75) is 20.0 Å². The van der Waals surface area contributed by atoms with Gasteiger partial charge in [-0.25, -0.2) is 0 Å². The van der Waals surface area contributed by atoms with Gasteiger partial charge in [-0.05, 0) is 0 Å². The van der Waals surface area contributed by atoms with Crippen molar-refractivity contribution < 1.29 is 14.3 Å². The van der Waals surface area contributed by atoms with E-state index >= 15 is 0 Å². The minimum absolute atomic E-state index is 0.0859. The van der Waals surface area contributed by atoms with Gasteiger partial charge in [-0.2, -0.15) is 0 Å². The lowest BCUT2D eigenvalue weighted by Gasteiger charge is -2.14. The van der Waals surface area contributed by atoms with Crippen LogP contribution in [0.4, 0.5) is 0 Å². The second kappa shape index (κ2) is 3.00. The first-order valence-electron chi connectivity index (χ1n) is 3.51. The molecule has 11 heavy (non-hydrogen) atoms. The quantitative estimate of drug-likeness (QED) is 0.521. The molecule has 1 aliphatic rings. The van der Waals surface area contributed by atoms with Crippen molar-refractivity contribution >= 4 is 11.8 Å². The van der Waals surface area contributed by atoms with Crippen LogP contribution in [0.15, 0.2) is 0 Å². The number of imide groups is 1. The summed E-state index contributed by atoms with van der Waals surface area (Å²) in [4.78, 5) is 22.8. The highest BCUT2D eigenvalue weighted by Gasteiger charge is 2.28. The van der Waals surface area contributed by atoms with Crippen LogP contribution in [0.2, 0.25) is 0 Å². The van der Waals surface area contributed by atoms with Crippen LogP contribution in [0.25, 0.3) is 0 Å². The van der Waals surface area contributed by atoms with Crippen molar-refractivity contribution in [3.8, 4) is 0 Å². The van der Waals surface area contributed by atoms with E-state index in [9.17, 15) is 9.59 Å². The number of epoxide rings is 1. The van der Waals surface area contributed by atoms with Crippen LogP contribution in [-0.2, 0) is 14.3 Å². The Morgan fingerprint density at radius 3 is 2.18 bits per heavy atom. The molecular weight excluding hydrogens is 146 g/mol. The first-order valence-corrected chi connectivity index (χ1v) is 3.51. The molecule has 0 aromatic heterocycles. The summed E-state index contributed by atoms with van der Waals surface area (Å²) in [6.45, 7) is 3.83. The highest BCUT2D eigenvalue weighted by Crippen LogP contribution is 2.10. The Labute approximate surface area is 65.1 Å². The monoisotopic (exact) mass is 157 g/mol. The molecule has 4 nitrogen and oxygen atoms in total. The normalized spacial score (nSPS) is 21.1. The van der Waals surface area contributed by atoms with E-state index in [-0.39, 0.29) is 17.9 Å². The van der Waals surface area contributed by atoms with Gasteiger partial charge in [0, 0.05) is 13.8 Å². The molecule has 0 N–H and O–H groups in total. The fourth-order valence-corrected chi connectivity index (χ4v) is 0.856. The van der Waals surface area contributed by atoms with Crippen molar-refractivity contribution in [3.05, 3.63) is 0 Å². The van der Waals surface area contributed by atoms with E-state index in [4.69, 9.17) is 4.74 Å². The molecule has 1 rings (SSSR count). The number of carbonyl (C=O) groups excluding carboxylic acids is 2. The fraction of sp³-hybridized carbons (Fsp3) is 0.714. The predicted molar refractivity (Wildman–Crippen MR) is 37.8 cm³/mol. The summed E-state index contributed by atoms with van der Waals surface area (Å²) in [7, 11) is 0. The van der Waals surface area contributed by atoms with E-state index in [1.807, 2.05) is 0 Å². The van der Waals surface area contributed by atoms with Crippen LogP contribution in [0, 0.1) is 0 Å². The zero-order chi connectivity index (χ0) is 8.43. The van der Waals surface area contributed by atoms with E-state index in [1.165, 1.54) is 18.7 Å². The zero-order valence-electron chi connectivity index (χ0n) is 6.66. The first kappa shape index (κ1) is 8.20. The number of hydrogen-bond donors (Lipinski definition) is 0. The molecule has 0 aromatic rings. The van der Waals surface area contributed by atoms with Crippen LogP contribution in [0.5, 0.6) is 0 Å². The van der Waals surface area contributed by atoms with Gasteiger partial charge in [0.25, 0.3) is 0 Å². The van der Waals surface area contributed by atoms with Gasteiger partial charge in [0.1, 0.15) is 0 Å². The van der Waals surface area contributed by atoms with Crippen LogP contribution in [0.1, 0.15) is 13.8 Å². The Hall–Kier alpha value is -0.900. The van der Waals surface area contributed by atoms with E-state index in [0.717, 1.165) is 0 Å². The maximum absolute atomic E-state index is 10.8. The van der Waals surface area contributed by atoms with Crippen molar-refractivity contribution in [3.63, 3.8) is 0 Å². The largest absolute Gasteiger partial charge is 0.371 e. The standard InChI is InChI=1S/C7H11NO3/c1-5(9)8(6(2)10)3-7-4-11-7/h7H,3-4H2,1-2H3. The number of ether oxygens (including phenoxy) is 1. The maximum Gasteiger partial charge on any atom is 0.226 e. The number of carbonyl (C=O) groups is 2. The molecule has 0 aliphatic carbocycles. The lowest BCUT2D eigenvalue weighted by atomic mass is 10.4. The summed E-state index contributed by atoms with van der Waals surface area (Å²) in [5.74, 6) is -0.430. The average Bonchev–Trinajstić information content (AvgIpc) is 2.63. The second-order valence-electron chi connectivity index (χ2n) is 2.60. The van der Waals surface area contributed by atoms with Gasteiger partial charge in [0.2, 0.25) is 11.8 Å². The van der Waals surface area contributed by atoms with Crippen molar-refractivity contribution in [1.82, 2.24) is 4.90 Å². The molecule has 1 atom stereocenters. The van der Waals surface area contributed by atoms with Crippen LogP contribution in [-0.4, -0.2) is 36.0 Å². The summed E-state index contributed by atoms with van der Waals surface area (Å²) in [6, 6.07) is 0. The lowest BCUT2D eigenvalue weighted by molar-refractivity contribution is -0.142. The van der Waals surface area contributed by atoms with E-state index < -0.39 is 0 Å². The molecule has 4 heteroatoms. The second-order valence-corrected chi connectivity index (χ2v) is 2.60. The van der Waals surface area contributed by atoms with E-state index in [2.05, 4.69) is 0 Å². The number of hydrogen-bond acceptors (Lipinski definition) is 3. The van der Waals surface area contributed by atoms with Gasteiger partial charge in [-0.1, -0.05) is 0 Å². The lowest BCUT2D eigenvalue weighted by Crippen LogP contribution is -2.36. The summed E-state index contributed by atoms with van der Waals surface area (Å²) < 4.78 is 4.89. The third-order valence-electron chi connectivity index (χ3n) is 1.55. The maximum atomic E-state index is 10.8. The minimum Gasteiger partial charge on any atom is -0.371 e.